The van der Waals surface area contributed by atoms with E-state index in [0.29, 0.717) is 24.8 Å². The summed E-state index contributed by atoms with van der Waals surface area (Å²) >= 11 is 0. The van der Waals surface area contributed by atoms with E-state index in [2.05, 4.69) is 0 Å². The third-order valence-electron chi connectivity index (χ3n) is 4.36. The molecule has 0 bridgehead atoms. The van der Waals surface area contributed by atoms with Gasteiger partial charge in [-0.15, -0.1) is 0 Å². The van der Waals surface area contributed by atoms with Crippen LogP contribution in [0.5, 0.6) is 0 Å². The summed E-state index contributed by atoms with van der Waals surface area (Å²) in [4.78, 5) is 25.4. The van der Waals surface area contributed by atoms with Crippen molar-refractivity contribution in [3.05, 3.63) is 35.1 Å². The molecule has 0 aromatic heterocycles. The fraction of sp³-hybridized carbons (Fsp3) is 0.467. The van der Waals surface area contributed by atoms with Crippen molar-refractivity contribution in [3.63, 3.8) is 0 Å². The molecule has 2 aliphatic heterocycles. The Labute approximate surface area is 116 Å². The number of carboxylic acid groups (broad SMARTS) is 1. The summed E-state index contributed by atoms with van der Waals surface area (Å²) in [6.45, 7) is 0.260. The average molecular weight is 277 g/mol. The van der Waals surface area contributed by atoms with Crippen molar-refractivity contribution in [1.29, 1.82) is 0 Å². The van der Waals surface area contributed by atoms with Crippen LogP contribution in [0.15, 0.2) is 18.2 Å². The monoisotopic (exact) mass is 277 g/mol. The lowest BCUT2D eigenvalue weighted by molar-refractivity contribution is -0.143. The Kier molecular flexibility index (Phi) is 3.20. The van der Waals surface area contributed by atoms with E-state index in [1.54, 1.807) is 4.90 Å². The zero-order valence-electron chi connectivity index (χ0n) is 11.0. The molecule has 2 aliphatic rings. The van der Waals surface area contributed by atoms with Gasteiger partial charge in [-0.3, -0.25) is 9.59 Å². The number of halogens is 1. The highest BCUT2D eigenvalue weighted by Gasteiger charge is 2.37. The van der Waals surface area contributed by atoms with Gasteiger partial charge in [-0.05, 0) is 49.4 Å². The summed E-state index contributed by atoms with van der Waals surface area (Å²) in [6, 6.07) is 4.30. The summed E-state index contributed by atoms with van der Waals surface area (Å²) in [6.07, 6.45) is 2.75. The van der Waals surface area contributed by atoms with Crippen LogP contribution in [0.25, 0.3) is 0 Å². The van der Waals surface area contributed by atoms with E-state index in [1.807, 2.05) is 0 Å². The van der Waals surface area contributed by atoms with Crippen LogP contribution in [-0.4, -0.2) is 34.5 Å². The number of hydrogen-bond donors (Lipinski definition) is 1. The van der Waals surface area contributed by atoms with Crippen molar-refractivity contribution >= 4 is 11.9 Å². The molecule has 1 aromatic rings. The van der Waals surface area contributed by atoms with Gasteiger partial charge in [-0.25, -0.2) is 4.39 Å². The smallest absolute Gasteiger partial charge is 0.308 e. The van der Waals surface area contributed by atoms with Gasteiger partial charge in [-0.2, -0.15) is 0 Å². The molecular formula is C15H16FNO3. The molecule has 106 valence electrons. The average Bonchev–Trinajstić information content (AvgIpc) is 2.56. The number of aryl methyl sites for hydroxylation is 1. The van der Waals surface area contributed by atoms with Crippen LogP contribution in [0.4, 0.5) is 4.39 Å². The summed E-state index contributed by atoms with van der Waals surface area (Å²) in [5.41, 5.74) is 1.25. The Morgan fingerprint density at radius 2 is 2.10 bits per heavy atom. The van der Waals surface area contributed by atoms with Crippen LogP contribution in [0.1, 0.15) is 35.2 Å². The maximum Gasteiger partial charge on any atom is 0.308 e. The fourth-order valence-corrected chi connectivity index (χ4v) is 3.23. The fourth-order valence-electron chi connectivity index (χ4n) is 3.23. The number of rotatable bonds is 1. The van der Waals surface area contributed by atoms with Gasteiger partial charge >= 0.3 is 5.97 Å². The Bertz CT molecular complexity index is 572. The van der Waals surface area contributed by atoms with E-state index in [4.69, 9.17) is 5.11 Å². The van der Waals surface area contributed by atoms with E-state index < -0.39 is 11.9 Å². The lowest BCUT2D eigenvalue weighted by atomic mass is 9.91. The van der Waals surface area contributed by atoms with E-state index in [0.717, 1.165) is 12.0 Å². The number of nitrogens with zero attached hydrogens (tertiary/aromatic N) is 1. The highest BCUT2D eigenvalue weighted by atomic mass is 19.1. The number of piperidine rings is 1. The third-order valence-corrected chi connectivity index (χ3v) is 4.36. The Morgan fingerprint density at radius 3 is 2.85 bits per heavy atom. The number of carbonyl (C=O) groups excluding carboxylic acids is 1. The van der Waals surface area contributed by atoms with E-state index >= 15 is 0 Å². The molecule has 1 amide bonds. The number of fused-ring (bicyclic) bond motifs is 2. The topological polar surface area (TPSA) is 57.6 Å². The minimum absolute atomic E-state index is 0.0774. The van der Waals surface area contributed by atoms with Crippen LogP contribution in [0, 0.1) is 11.7 Å². The lowest BCUT2D eigenvalue weighted by Gasteiger charge is -2.37. The molecule has 3 rings (SSSR count). The van der Waals surface area contributed by atoms with E-state index in [-0.39, 0.29) is 24.3 Å². The van der Waals surface area contributed by atoms with Crippen molar-refractivity contribution in [1.82, 2.24) is 4.90 Å². The zero-order chi connectivity index (χ0) is 14.3. The van der Waals surface area contributed by atoms with Crippen LogP contribution >= 0.6 is 0 Å². The highest BCUT2D eigenvalue weighted by molar-refractivity contribution is 5.96. The van der Waals surface area contributed by atoms with Gasteiger partial charge in [0, 0.05) is 18.2 Å². The highest BCUT2D eigenvalue weighted by Crippen LogP contribution is 2.31. The molecule has 0 radical (unpaired) electrons. The van der Waals surface area contributed by atoms with Crippen LogP contribution in [0.2, 0.25) is 0 Å². The second-order valence-corrected chi connectivity index (χ2v) is 5.56. The normalized spacial score (nSPS) is 25.6. The van der Waals surface area contributed by atoms with Crippen LogP contribution < -0.4 is 0 Å². The van der Waals surface area contributed by atoms with Gasteiger partial charge in [0.25, 0.3) is 5.91 Å². The molecule has 20 heavy (non-hydrogen) atoms. The van der Waals surface area contributed by atoms with Crippen molar-refractivity contribution in [2.45, 2.75) is 31.7 Å². The van der Waals surface area contributed by atoms with E-state index in [9.17, 15) is 14.0 Å². The molecule has 1 aromatic carbocycles. The molecule has 5 heteroatoms. The number of aliphatic carboxylic acids is 1. The van der Waals surface area contributed by atoms with Crippen molar-refractivity contribution < 1.29 is 19.1 Å². The SMILES string of the molecule is O=C(O)C1CC[C@H]2CCc3cc(F)ccc3C(=O)N2C1. The first-order valence-electron chi connectivity index (χ1n) is 6.88. The first-order chi connectivity index (χ1) is 9.56. The molecule has 2 atom stereocenters. The number of carboxylic acids is 1. The number of amides is 1. The minimum atomic E-state index is -0.847. The van der Waals surface area contributed by atoms with Gasteiger partial charge in [0.15, 0.2) is 0 Å². The number of hydrogen-bond acceptors (Lipinski definition) is 2. The molecule has 1 unspecified atom stereocenters. The minimum Gasteiger partial charge on any atom is -0.481 e. The van der Waals surface area contributed by atoms with Gasteiger partial charge < -0.3 is 10.0 Å². The van der Waals surface area contributed by atoms with Gasteiger partial charge in [0.2, 0.25) is 0 Å². The molecule has 1 saturated heterocycles. The largest absolute Gasteiger partial charge is 0.481 e. The number of carbonyl (C=O) groups is 2. The quantitative estimate of drug-likeness (QED) is 0.855. The maximum absolute atomic E-state index is 13.3. The summed E-state index contributed by atoms with van der Waals surface area (Å²) in [5.74, 6) is -1.83. The summed E-state index contributed by atoms with van der Waals surface area (Å²) in [7, 11) is 0. The predicted molar refractivity (Wildman–Crippen MR) is 69.9 cm³/mol. The Morgan fingerprint density at radius 1 is 1.30 bits per heavy atom. The zero-order valence-corrected chi connectivity index (χ0v) is 11.0. The molecule has 2 heterocycles. The molecule has 4 nitrogen and oxygen atoms in total. The van der Waals surface area contributed by atoms with E-state index in [1.165, 1.54) is 18.2 Å². The van der Waals surface area contributed by atoms with Gasteiger partial charge in [0.1, 0.15) is 5.82 Å². The molecule has 0 saturated carbocycles. The van der Waals surface area contributed by atoms with Crippen molar-refractivity contribution in [2.75, 3.05) is 6.54 Å². The first-order valence-corrected chi connectivity index (χ1v) is 6.88. The van der Waals surface area contributed by atoms with Gasteiger partial charge in [0.05, 0.1) is 5.92 Å². The molecule has 0 spiro atoms. The van der Waals surface area contributed by atoms with Crippen LogP contribution in [-0.2, 0) is 11.2 Å². The Balaban J connectivity index is 1.93. The molecule has 1 fully saturated rings. The van der Waals surface area contributed by atoms with Crippen LogP contribution in [0.3, 0.4) is 0 Å². The second-order valence-electron chi connectivity index (χ2n) is 5.56. The summed E-state index contributed by atoms with van der Waals surface area (Å²) in [5, 5.41) is 9.13. The first kappa shape index (κ1) is 13.1. The standard InChI is InChI=1S/C15H16FNO3/c16-11-3-6-13-9(7-11)1-4-12-5-2-10(15(19)20)8-17(12)14(13)18/h3,6-7,10,12H,1-2,4-5,8H2,(H,19,20)/t10?,12-/m1/s1. The van der Waals surface area contributed by atoms with Crippen molar-refractivity contribution in [3.8, 4) is 0 Å². The summed E-state index contributed by atoms with van der Waals surface area (Å²) < 4.78 is 13.3. The Hall–Kier alpha value is -1.91. The lowest BCUT2D eigenvalue weighted by Crippen LogP contribution is -2.47. The molecule has 1 N–H and O–H groups in total. The maximum atomic E-state index is 13.3. The predicted octanol–water partition coefficient (Wildman–Crippen LogP) is 2.08. The van der Waals surface area contributed by atoms with Crippen molar-refractivity contribution in [2.24, 2.45) is 5.92 Å². The van der Waals surface area contributed by atoms with Gasteiger partial charge in [-0.1, -0.05) is 0 Å². The second kappa shape index (κ2) is 4.89. The molecule has 0 aliphatic carbocycles. The number of benzene rings is 1. The third kappa shape index (κ3) is 2.17. The molecular weight excluding hydrogens is 261 g/mol.